The van der Waals surface area contributed by atoms with Gasteiger partial charge in [-0.2, -0.15) is 0 Å². The number of hydrazine groups is 1. The quantitative estimate of drug-likeness (QED) is 0.516. The average molecular weight is 284 g/mol. The summed E-state index contributed by atoms with van der Waals surface area (Å²) in [7, 11) is 0. The van der Waals surface area contributed by atoms with Gasteiger partial charge in [-0.25, -0.2) is 23.0 Å². The summed E-state index contributed by atoms with van der Waals surface area (Å²) < 4.78 is 53.6. The minimum absolute atomic E-state index is 0.0818. The van der Waals surface area contributed by atoms with Gasteiger partial charge in [-0.05, 0) is 30.2 Å². The van der Waals surface area contributed by atoms with E-state index in [1.165, 1.54) is 25.1 Å². The summed E-state index contributed by atoms with van der Waals surface area (Å²) in [4.78, 5) is 0. The van der Waals surface area contributed by atoms with Gasteiger partial charge in [0.2, 0.25) is 0 Å². The van der Waals surface area contributed by atoms with Crippen LogP contribution in [0.25, 0.3) is 0 Å². The van der Waals surface area contributed by atoms with Gasteiger partial charge in [0.1, 0.15) is 0 Å². The fourth-order valence-corrected chi connectivity index (χ4v) is 1.94. The maximum Gasteiger partial charge on any atom is 0.164 e. The molecule has 0 radical (unpaired) electrons. The number of hydrogen-bond acceptors (Lipinski definition) is 2. The molecule has 2 aromatic rings. The zero-order valence-electron chi connectivity index (χ0n) is 10.6. The molecule has 0 aliphatic rings. The van der Waals surface area contributed by atoms with E-state index in [-0.39, 0.29) is 16.7 Å². The molecule has 0 fully saturated rings. The number of aryl methyl sites for hydroxylation is 1. The Morgan fingerprint density at radius 3 is 2.25 bits per heavy atom. The molecule has 20 heavy (non-hydrogen) atoms. The second-order valence-electron chi connectivity index (χ2n) is 4.37. The van der Waals surface area contributed by atoms with Gasteiger partial charge < -0.3 is 0 Å². The molecule has 2 aromatic carbocycles. The van der Waals surface area contributed by atoms with Crippen LogP contribution in [-0.2, 0) is 0 Å². The Morgan fingerprint density at radius 2 is 1.65 bits per heavy atom. The van der Waals surface area contributed by atoms with E-state index in [0.29, 0.717) is 0 Å². The predicted molar refractivity (Wildman–Crippen MR) is 66.6 cm³/mol. The summed E-state index contributed by atoms with van der Waals surface area (Å²) in [5, 5.41) is 0. The van der Waals surface area contributed by atoms with Crippen LogP contribution >= 0.6 is 0 Å². The molecule has 3 N–H and O–H groups in total. The van der Waals surface area contributed by atoms with Crippen molar-refractivity contribution in [2.24, 2.45) is 5.84 Å². The lowest BCUT2D eigenvalue weighted by Crippen LogP contribution is -2.30. The van der Waals surface area contributed by atoms with Crippen molar-refractivity contribution in [1.82, 2.24) is 5.43 Å². The Kier molecular flexibility index (Phi) is 4.06. The second kappa shape index (κ2) is 5.60. The van der Waals surface area contributed by atoms with Crippen molar-refractivity contribution in [3.8, 4) is 0 Å². The van der Waals surface area contributed by atoms with Crippen molar-refractivity contribution in [2.45, 2.75) is 13.0 Å². The maximum atomic E-state index is 13.9. The van der Waals surface area contributed by atoms with E-state index in [2.05, 4.69) is 5.43 Å². The van der Waals surface area contributed by atoms with Gasteiger partial charge in [0.15, 0.2) is 23.3 Å². The van der Waals surface area contributed by atoms with E-state index in [9.17, 15) is 17.6 Å². The fraction of sp³-hybridized carbons (Fsp3) is 0.143. The molecule has 106 valence electrons. The first kappa shape index (κ1) is 14.5. The standard InChI is InChI=1S/C14H12F4N2/c1-7-2-4-9(13(18)12(7)17)14(20-19)8-3-5-10(15)11(16)6-8/h2-6,14,20H,19H2,1H3. The highest BCUT2D eigenvalue weighted by molar-refractivity contribution is 5.35. The van der Waals surface area contributed by atoms with E-state index >= 15 is 0 Å². The topological polar surface area (TPSA) is 38.0 Å². The first-order valence-corrected chi connectivity index (χ1v) is 5.81. The van der Waals surface area contributed by atoms with Crippen molar-refractivity contribution in [3.63, 3.8) is 0 Å². The molecule has 0 heterocycles. The van der Waals surface area contributed by atoms with Crippen molar-refractivity contribution in [1.29, 1.82) is 0 Å². The Labute approximate surface area is 113 Å². The molecule has 1 unspecified atom stereocenters. The molecule has 0 aromatic heterocycles. The van der Waals surface area contributed by atoms with Crippen LogP contribution in [0.1, 0.15) is 22.7 Å². The van der Waals surface area contributed by atoms with Crippen molar-refractivity contribution in [2.75, 3.05) is 0 Å². The number of hydrogen-bond donors (Lipinski definition) is 2. The van der Waals surface area contributed by atoms with Gasteiger partial charge in [0.25, 0.3) is 0 Å². The molecule has 1 atom stereocenters. The molecule has 2 rings (SSSR count). The third-order valence-electron chi connectivity index (χ3n) is 3.06. The summed E-state index contributed by atoms with van der Waals surface area (Å²) in [6, 6.07) is 4.78. The first-order chi connectivity index (χ1) is 9.45. The number of nitrogens with one attached hydrogen (secondary N) is 1. The fourth-order valence-electron chi connectivity index (χ4n) is 1.94. The van der Waals surface area contributed by atoms with Crippen LogP contribution in [0.2, 0.25) is 0 Å². The highest BCUT2D eigenvalue weighted by Gasteiger charge is 2.21. The molecule has 0 bridgehead atoms. The largest absolute Gasteiger partial charge is 0.271 e. The van der Waals surface area contributed by atoms with Crippen LogP contribution in [0.4, 0.5) is 17.6 Å². The monoisotopic (exact) mass is 284 g/mol. The van der Waals surface area contributed by atoms with Crippen LogP contribution in [-0.4, -0.2) is 0 Å². The third kappa shape index (κ3) is 2.52. The molecule has 0 amide bonds. The number of nitrogens with two attached hydrogens (primary N) is 1. The van der Waals surface area contributed by atoms with Gasteiger partial charge in [0.05, 0.1) is 6.04 Å². The average Bonchev–Trinajstić information content (AvgIpc) is 2.43. The summed E-state index contributed by atoms with van der Waals surface area (Å²) in [5.41, 5.74) is 2.53. The maximum absolute atomic E-state index is 13.9. The Morgan fingerprint density at radius 1 is 0.950 bits per heavy atom. The van der Waals surface area contributed by atoms with Crippen molar-refractivity contribution in [3.05, 3.63) is 70.3 Å². The smallest absolute Gasteiger partial charge is 0.164 e. The second-order valence-corrected chi connectivity index (χ2v) is 4.37. The molecular formula is C14H12F4N2. The summed E-state index contributed by atoms with van der Waals surface area (Å²) >= 11 is 0. The van der Waals surface area contributed by atoms with Crippen LogP contribution in [0.15, 0.2) is 30.3 Å². The highest BCUT2D eigenvalue weighted by Crippen LogP contribution is 2.27. The van der Waals surface area contributed by atoms with Gasteiger partial charge in [-0.15, -0.1) is 0 Å². The molecule has 0 saturated carbocycles. The molecule has 0 saturated heterocycles. The Balaban J connectivity index is 2.52. The SMILES string of the molecule is Cc1ccc(C(NN)c2ccc(F)c(F)c2)c(F)c1F. The van der Waals surface area contributed by atoms with E-state index in [4.69, 9.17) is 5.84 Å². The molecular weight excluding hydrogens is 272 g/mol. The third-order valence-corrected chi connectivity index (χ3v) is 3.06. The van der Waals surface area contributed by atoms with E-state index in [0.717, 1.165) is 12.1 Å². The molecule has 0 spiro atoms. The predicted octanol–water partition coefficient (Wildman–Crippen LogP) is 3.10. The van der Waals surface area contributed by atoms with E-state index in [1.54, 1.807) is 0 Å². The lowest BCUT2D eigenvalue weighted by atomic mass is 9.97. The number of halogens is 4. The lowest BCUT2D eigenvalue weighted by molar-refractivity contribution is 0.475. The summed E-state index contributed by atoms with van der Waals surface area (Å²) in [6.07, 6.45) is 0. The zero-order valence-corrected chi connectivity index (χ0v) is 10.6. The Hall–Kier alpha value is -1.92. The highest BCUT2D eigenvalue weighted by atomic mass is 19.2. The van der Waals surface area contributed by atoms with Crippen molar-refractivity contribution >= 4 is 0 Å². The van der Waals surface area contributed by atoms with Crippen LogP contribution < -0.4 is 11.3 Å². The summed E-state index contributed by atoms with van der Waals surface area (Å²) in [6.45, 7) is 1.42. The van der Waals surface area contributed by atoms with Gasteiger partial charge in [0, 0.05) is 5.56 Å². The van der Waals surface area contributed by atoms with Crippen LogP contribution in [0.5, 0.6) is 0 Å². The van der Waals surface area contributed by atoms with E-state index < -0.39 is 29.3 Å². The van der Waals surface area contributed by atoms with E-state index in [1.807, 2.05) is 0 Å². The van der Waals surface area contributed by atoms with Gasteiger partial charge in [-0.1, -0.05) is 18.2 Å². The minimum atomic E-state index is -1.09. The summed E-state index contributed by atoms with van der Waals surface area (Å²) in [5.74, 6) is 1.15. The number of rotatable bonds is 3. The molecule has 2 nitrogen and oxygen atoms in total. The van der Waals surface area contributed by atoms with Crippen molar-refractivity contribution < 1.29 is 17.6 Å². The van der Waals surface area contributed by atoms with Gasteiger partial charge >= 0.3 is 0 Å². The minimum Gasteiger partial charge on any atom is -0.271 e. The Bertz CT molecular complexity index is 643. The molecule has 0 aliphatic heterocycles. The number of benzene rings is 2. The lowest BCUT2D eigenvalue weighted by Gasteiger charge is -2.18. The normalized spacial score (nSPS) is 12.5. The molecule has 0 aliphatic carbocycles. The van der Waals surface area contributed by atoms with Crippen LogP contribution in [0, 0.1) is 30.2 Å². The first-order valence-electron chi connectivity index (χ1n) is 5.81. The molecule has 6 heteroatoms. The van der Waals surface area contributed by atoms with Gasteiger partial charge in [-0.3, -0.25) is 5.84 Å². The van der Waals surface area contributed by atoms with Crippen LogP contribution in [0.3, 0.4) is 0 Å². The zero-order chi connectivity index (χ0) is 14.9.